The van der Waals surface area contributed by atoms with Crippen LogP contribution in [-0.2, 0) is 11.3 Å². The number of nitrogens with one attached hydrogen (secondary N) is 1. The van der Waals surface area contributed by atoms with Crippen molar-refractivity contribution in [3.63, 3.8) is 0 Å². The van der Waals surface area contributed by atoms with E-state index in [-0.39, 0.29) is 0 Å². The lowest BCUT2D eigenvalue weighted by molar-refractivity contribution is 0.116. The van der Waals surface area contributed by atoms with Gasteiger partial charge in [0.25, 0.3) is 0 Å². The third-order valence-corrected chi connectivity index (χ3v) is 2.87. The Kier molecular flexibility index (Phi) is 8.26. The van der Waals surface area contributed by atoms with E-state index < -0.39 is 0 Å². The summed E-state index contributed by atoms with van der Waals surface area (Å²) in [7, 11) is 3.68. The lowest BCUT2D eigenvalue weighted by Crippen LogP contribution is -2.07. The molecule has 0 unspecified atom stereocenters. The minimum atomic E-state index is 0.674. The van der Waals surface area contributed by atoms with Crippen molar-refractivity contribution in [1.29, 1.82) is 0 Å². The fourth-order valence-electron chi connectivity index (χ4n) is 1.81. The summed E-state index contributed by atoms with van der Waals surface area (Å²) in [6, 6.07) is 8.03. The van der Waals surface area contributed by atoms with E-state index in [9.17, 15) is 0 Å². The highest BCUT2D eigenvalue weighted by atomic mass is 16.5. The Morgan fingerprint density at radius 3 is 2.72 bits per heavy atom. The minimum absolute atomic E-state index is 0.674. The van der Waals surface area contributed by atoms with Gasteiger partial charge in [-0.05, 0) is 44.1 Å². The number of methoxy groups -OCH3 is 1. The van der Waals surface area contributed by atoms with Gasteiger partial charge < -0.3 is 14.8 Å². The van der Waals surface area contributed by atoms with Crippen molar-refractivity contribution in [3.05, 3.63) is 29.8 Å². The Bertz CT molecular complexity index is 315. The molecule has 0 amide bonds. The van der Waals surface area contributed by atoms with Gasteiger partial charge in [-0.2, -0.15) is 0 Å². The van der Waals surface area contributed by atoms with E-state index >= 15 is 0 Å². The first-order valence-electron chi connectivity index (χ1n) is 6.72. The van der Waals surface area contributed by atoms with Crippen LogP contribution in [0.5, 0.6) is 5.75 Å². The van der Waals surface area contributed by atoms with Crippen LogP contribution in [0.4, 0.5) is 0 Å². The van der Waals surface area contributed by atoms with Crippen molar-refractivity contribution in [2.45, 2.75) is 32.3 Å². The summed E-state index contributed by atoms with van der Waals surface area (Å²) in [5, 5.41) is 3.16. The average Bonchev–Trinajstić information content (AvgIpc) is 2.42. The van der Waals surface area contributed by atoms with Crippen LogP contribution in [-0.4, -0.2) is 27.3 Å². The zero-order chi connectivity index (χ0) is 13.1. The van der Waals surface area contributed by atoms with E-state index in [1.165, 1.54) is 24.8 Å². The SMILES string of the molecule is CNCCCCCCOCc1cccc(OC)c1. The Balaban J connectivity index is 2.03. The molecule has 1 aromatic rings. The summed E-state index contributed by atoms with van der Waals surface area (Å²) in [6.45, 7) is 2.63. The van der Waals surface area contributed by atoms with Gasteiger partial charge in [0.2, 0.25) is 0 Å². The molecule has 1 rings (SSSR count). The number of ether oxygens (including phenoxy) is 2. The molecule has 1 N–H and O–H groups in total. The summed E-state index contributed by atoms with van der Waals surface area (Å²) >= 11 is 0. The first-order valence-corrected chi connectivity index (χ1v) is 6.72. The molecule has 0 aromatic heterocycles. The highest BCUT2D eigenvalue weighted by molar-refractivity contribution is 5.27. The van der Waals surface area contributed by atoms with E-state index in [2.05, 4.69) is 11.4 Å². The average molecular weight is 251 g/mol. The van der Waals surface area contributed by atoms with Crippen molar-refractivity contribution >= 4 is 0 Å². The molecule has 18 heavy (non-hydrogen) atoms. The van der Waals surface area contributed by atoms with Gasteiger partial charge in [-0.25, -0.2) is 0 Å². The lowest BCUT2D eigenvalue weighted by atomic mass is 10.2. The first kappa shape index (κ1) is 15.0. The number of benzene rings is 1. The van der Waals surface area contributed by atoms with Crippen LogP contribution in [0.15, 0.2) is 24.3 Å². The smallest absolute Gasteiger partial charge is 0.119 e. The molecule has 0 bridgehead atoms. The molecule has 102 valence electrons. The Labute approximate surface area is 110 Å². The van der Waals surface area contributed by atoms with Crippen LogP contribution < -0.4 is 10.1 Å². The molecular weight excluding hydrogens is 226 g/mol. The predicted octanol–water partition coefficient (Wildman–Crippen LogP) is 2.99. The zero-order valence-corrected chi connectivity index (χ0v) is 11.6. The van der Waals surface area contributed by atoms with E-state index in [4.69, 9.17) is 9.47 Å². The summed E-state index contributed by atoms with van der Waals surface area (Å²) in [6.07, 6.45) is 4.93. The standard InChI is InChI=1S/C15H25NO2/c1-16-10-5-3-4-6-11-18-13-14-8-7-9-15(12-14)17-2/h7-9,12,16H,3-6,10-11,13H2,1-2H3. The fraction of sp³-hybridized carbons (Fsp3) is 0.600. The van der Waals surface area contributed by atoms with Gasteiger partial charge in [0.1, 0.15) is 5.75 Å². The first-order chi connectivity index (χ1) is 8.86. The summed E-state index contributed by atoms with van der Waals surface area (Å²) in [4.78, 5) is 0. The van der Waals surface area contributed by atoms with E-state index in [0.717, 1.165) is 25.3 Å². The third-order valence-electron chi connectivity index (χ3n) is 2.87. The lowest BCUT2D eigenvalue weighted by Gasteiger charge is -2.06. The van der Waals surface area contributed by atoms with Crippen LogP contribution >= 0.6 is 0 Å². The number of hydrogen-bond donors (Lipinski definition) is 1. The number of unbranched alkanes of at least 4 members (excludes halogenated alkanes) is 3. The van der Waals surface area contributed by atoms with Crippen LogP contribution in [0.3, 0.4) is 0 Å². The Morgan fingerprint density at radius 1 is 1.11 bits per heavy atom. The van der Waals surface area contributed by atoms with Gasteiger partial charge in [0.05, 0.1) is 13.7 Å². The van der Waals surface area contributed by atoms with Gasteiger partial charge in [0.15, 0.2) is 0 Å². The predicted molar refractivity (Wildman–Crippen MR) is 75.0 cm³/mol. The van der Waals surface area contributed by atoms with Crippen LogP contribution in [0.2, 0.25) is 0 Å². The molecule has 0 radical (unpaired) electrons. The van der Waals surface area contributed by atoms with Crippen molar-refractivity contribution in [2.24, 2.45) is 0 Å². The van der Waals surface area contributed by atoms with Gasteiger partial charge >= 0.3 is 0 Å². The number of hydrogen-bond acceptors (Lipinski definition) is 3. The molecule has 0 aliphatic rings. The molecule has 0 aliphatic heterocycles. The molecule has 3 heteroatoms. The summed E-state index contributed by atoms with van der Waals surface area (Å²) < 4.78 is 10.8. The van der Waals surface area contributed by atoms with Crippen molar-refractivity contribution in [2.75, 3.05) is 27.3 Å². The maximum atomic E-state index is 5.65. The third kappa shape index (κ3) is 6.62. The van der Waals surface area contributed by atoms with E-state index in [0.29, 0.717) is 6.61 Å². The molecule has 0 saturated heterocycles. The van der Waals surface area contributed by atoms with Gasteiger partial charge in [-0.3, -0.25) is 0 Å². The van der Waals surface area contributed by atoms with Crippen molar-refractivity contribution in [3.8, 4) is 5.75 Å². The molecular formula is C15H25NO2. The molecule has 0 fully saturated rings. The topological polar surface area (TPSA) is 30.5 Å². The summed E-state index contributed by atoms with van der Waals surface area (Å²) in [5.74, 6) is 0.892. The van der Waals surface area contributed by atoms with Gasteiger partial charge in [-0.15, -0.1) is 0 Å². The van der Waals surface area contributed by atoms with E-state index in [1.54, 1.807) is 7.11 Å². The fourth-order valence-corrected chi connectivity index (χ4v) is 1.81. The Morgan fingerprint density at radius 2 is 1.94 bits per heavy atom. The van der Waals surface area contributed by atoms with Crippen molar-refractivity contribution < 1.29 is 9.47 Å². The Hall–Kier alpha value is -1.06. The minimum Gasteiger partial charge on any atom is -0.497 e. The monoisotopic (exact) mass is 251 g/mol. The molecule has 0 aliphatic carbocycles. The van der Waals surface area contributed by atoms with Gasteiger partial charge in [0, 0.05) is 6.61 Å². The second-order valence-corrected chi connectivity index (χ2v) is 4.42. The maximum Gasteiger partial charge on any atom is 0.119 e. The molecule has 0 heterocycles. The quantitative estimate of drug-likeness (QED) is 0.648. The molecule has 3 nitrogen and oxygen atoms in total. The zero-order valence-electron chi connectivity index (χ0n) is 11.6. The normalized spacial score (nSPS) is 10.6. The summed E-state index contributed by atoms with van der Waals surface area (Å²) in [5.41, 5.74) is 1.17. The second-order valence-electron chi connectivity index (χ2n) is 4.42. The van der Waals surface area contributed by atoms with Crippen molar-refractivity contribution in [1.82, 2.24) is 5.32 Å². The van der Waals surface area contributed by atoms with Crippen LogP contribution in [0, 0.1) is 0 Å². The largest absolute Gasteiger partial charge is 0.497 e. The van der Waals surface area contributed by atoms with Crippen LogP contribution in [0.25, 0.3) is 0 Å². The van der Waals surface area contributed by atoms with E-state index in [1.807, 2.05) is 25.2 Å². The molecule has 0 saturated carbocycles. The molecule has 0 atom stereocenters. The highest BCUT2D eigenvalue weighted by Gasteiger charge is 1.96. The number of rotatable bonds is 10. The highest BCUT2D eigenvalue weighted by Crippen LogP contribution is 2.13. The molecule has 0 spiro atoms. The second kappa shape index (κ2) is 9.92. The molecule has 1 aromatic carbocycles. The van der Waals surface area contributed by atoms with Gasteiger partial charge in [-0.1, -0.05) is 25.0 Å². The maximum absolute atomic E-state index is 5.65. The van der Waals surface area contributed by atoms with Crippen LogP contribution in [0.1, 0.15) is 31.2 Å².